The molecule has 1 fully saturated rings. The van der Waals surface area contributed by atoms with Gasteiger partial charge in [0.2, 0.25) is 0 Å². The Morgan fingerprint density at radius 3 is 3.08 bits per heavy atom. The maximum absolute atomic E-state index is 5.76. The van der Waals surface area contributed by atoms with E-state index in [0.29, 0.717) is 12.5 Å². The quantitative estimate of drug-likeness (QED) is 0.547. The first-order valence-corrected chi connectivity index (χ1v) is 4.53. The molecule has 4 heteroatoms. The first-order valence-electron chi connectivity index (χ1n) is 4.53. The summed E-state index contributed by atoms with van der Waals surface area (Å²) in [6.45, 7) is 0.663. The minimum absolute atomic E-state index is 0.566. The van der Waals surface area contributed by atoms with Crippen LogP contribution in [0, 0.1) is 5.92 Å². The van der Waals surface area contributed by atoms with Crippen molar-refractivity contribution in [3.05, 3.63) is 18.0 Å². The van der Waals surface area contributed by atoms with Crippen LogP contribution < -0.4 is 5.73 Å². The molecule has 13 heavy (non-hydrogen) atoms. The van der Waals surface area contributed by atoms with Gasteiger partial charge in [-0.15, -0.1) is 0 Å². The van der Waals surface area contributed by atoms with Crippen LogP contribution in [0.5, 0.6) is 0 Å². The summed E-state index contributed by atoms with van der Waals surface area (Å²) in [7, 11) is 1.90. The largest absolute Gasteiger partial charge is 0.387 e. The molecule has 0 unspecified atom stereocenters. The van der Waals surface area contributed by atoms with Crippen LogP contribution in [0.4, 0.5) is 0 Å². The van der Waals surface area contributed by atoms with Gasteiger partial charge in [-0.1, -0.05) is 0 Å². The lowest BCUT2D eigenvalue weighted by Crippen LogP contribution is -2.13. The van der Waals surface area contributed by atoms with Gasteiger partial charge in [-0.05, 0) is 12.8 Å². The summed E-state index contributed by atoms with van der Waals surface area (Å²) in [4.78, 5) is 4.31. The molecule has 1 saturated carbocycles. The number of aryl methyl sites for hydroxylation is 1. The van der Waals surface area contributed by atoms with Gasteiger partial charge in [0, 0.05) is 24.7 Å². The molecule has 1 aromatic heterocycles. The van der Waals surface area contributed by atoms with Crippen molar-refractivity contribution < 1.29 is 0 Å². The Labute approximate surface area is 77.5 Å². The highest BCUT2D eigenvalue weighted by Gasteiger charge is 2.25. The summed E-state index contributed by atoms with van der Waals surface area (Å²) in [5.74, 6) is 1.38. The third-order valence-corrected chi connectivity index (χ3v) is 2.20. The number of nitrogens with zero attached hydrogens (tertiary/aromatic N) is 3. The Morgan fingerprint density at radius 1 is 1.77 bits per heavy atom. The lowest BCUT2D eigenvalue weighted by Gasteiger charge is -1.95. The highest BCUT2D eigenvalue weighted by Crippen LogP contribution is 2.28. The first kappa shape index (κ1) is 8.29. The smallest absolute Gasteiger partial charge is 0.0972 e. The lowest BCUT2D eigenvalue weighted by atomic mass is 10.3. The predicted molar refractivity (Wildman–Crippen MR) is 51.3 cm³/mol. The van der Waals surface area contributed by atoms with Crippen LogP contribution in [0.1, 0.15) is 18.4 Å². The third kappa shape index (κ3) is 2.08. The molecule has 0 aromatic carbocycles. The van der Waals surface area contributed by atoms with Gasteiger partial charge in [-0.2, -0.15) is 5.10 Å². The summed E-state index contributed by atoms with van der Waals surface area (Å²) in [5, 5.41) is 4.06. The van der Waals surface area contributed by atoms with Gasteiger partial charge in [-0.3, -0.25) is 9.67 Å². The molecule has 70 valence electrons. The van der Waals surface area contributed by atoms with E-state index in [1.165, 1.54) is 12.8 Å². The van der Waals surface area contributed by atoms with Crippen LogP contribution in [0.15, 0.2) is 17.4 Å². The Kier molecular flexibility index (Phi) is 2.04. The van der Waals surface area contributed by atoms with Crippen LogP contribution >= 0.6 is 0 Å². The van der Waals surface area contributed by atoms with Gasteiger partial charge in [0.05, 0.1) is 18.6 Å². The van der Waals surface area contributed by atoms with Crippen molar-refractivity contribution in [1.82, 2.24) is 9.78 Å². The molecule has 1 aromatic rings. The Morgan fingerprint density at radius 2 is 2.54 bits per heavy atom. The molecule has 2 N–H and O–H groups in total. The number of aliphatic imine (C=N–C) groups is 1. The molecule has 0 radical (unpaired) electrons. The maximum Gasteiger partial charge on any atom is 0.0972 e. The van der Waals surface area contributed by atoms with Crippen molar-refractivity contribution in [2.45, 2.75) is 19.4 Å². The zero-order chi connectivity index (χ0) is 9.26. The van der Waals surface area contributed by atoms with Gasteiger partial charge in [0.1, 0.15) is 0 Å². The summed E-state index contributed by atoms with van der Waals surface area (Å²) in [6, 6.07) is 0. The summed E-state index contributed by atoms with van der Waals surface area (Å²) < 4.78 is 1.78. The van der Waals surface area contributed by atoms with E-state index < -0.39 is 0 Å². The topological polar surface area (TPSA) is 56.2 Å². The number of amidine groups is 1. The Hall–Kier alpha value is -1.32. The monoisotopic (exact) mass is 178 g/mol. The Balaban J connectivity index is 1.94. The molecule has 0 saturated heterocycles. The number of hydrogen-bond donors (Lipinski definition) is 1. The zero-order valence-electron chi connectivity index (χ0n) is 7.77. The minimum atomic E-state index is 0.566. The van der Waals surface area contributed by atoms with Crippen LogP contribution in [0.2, 0.25) is 0 Å². The summed E-state index contributed by atoms with van der Waals surface area (Å²) in [6.07, 6.45) is 6.21. The van der Waals surface area contributed by atoms with Crippen LogP contribution in [0.3, 0.4) is 0 Å². The second-order valence-electron chi connectivity index (χ2n) is 3.54. The second kappa shape index (κ2) is 3.20. The molecule has 1 aliphatic rings. The van der Waals surface area contributed by atoms with Crippen molar-refractivity contribution >= 4 is 5.84 Å². The first-order chi connectivity index (χ1) is 6.25. The van der Waals surface area contributed by atoms with E-state index in [-0.39, 0.29) is 0 Å². The molecule has 0 aliphatic heterocycles. The van der Waals surface area contributed by atoms with Crippen molar-refractivity contribution in [2.75, 3.05) is 0 Å². The van der Waals surface area contributed by atoms with E-state index in [9.17, 15) is 0 Å². The van der Waals surface area contributed by atoms with Gasteiger partial charge in [0.25, 0.3) is 0 Å². The number of rotatable bonds is 3. The predicted octanol–water partition coefficient (Wildman–Crippen LogP) is 0.687. The molecule has 2 rings (SSSR count). The van der Waals surface area contributed by atoms with E-state index in [4.69, 9.17) is 5.73 Å². The molecular weight excluding hydrogens is 164 g/mol. The van der Waals surface area contributed by atoms with E-state index in [0.717, 1.165) is 11.4 Å². The van der Waals surface area contributed by atoms with Crippen molar-refractivity contribution in [3.8, 4) is 0 Å². The molecule has 1 heterocycles. The summed E-state index contributed by atoms with van der Waals surface area (Å²) in [5.41, 5.74) is 6.87. The fourth-order valence-electron chi connectivity index (χ4n) is 1.24. The van der Waals surface area contributed by atoms with Gasteiger partial charge in [-0.25, -0.2) is 0 Å². The summed E-state index contributed by atoms with van der Waals surface area (Å²) >= 11 is 0. The molecule has 0 spiro atoms. The van der Waals surface area contributed by atoms with E-state index in [1.54, 1.807) is 4.68 Å². The molecule has 4 nitrogen and oxygen atoms in total. The van der Waals surface area contributed by atoms with Crippen molar-refractivity contribution in [2.24, 2.45) is 23.7 Å². The molecule has 1 aliphatic carbocycles. The minimum Gasteiger partial charge on any atom is -0.387 e. The van der Waals surface area contributed by atoms with Crippen LogP contribution in [0.25, 0.3) is 0 Å². The van der Waals surface area contributed by atoms with Crippen LogP contribution in [-0.2, 0) is 13.6 Å². The fourth-order valence-corrected chi connectivity index (χ4v) is 1.24. The fraction of sp³-hybridized carbons (Fsp3) is 0.556. The number of nitrogens with two attached hydrogens (primary N) is 1. The van der Waals surface area contributed by atoms with Gasteiger partial charge < -0.3 is 5.73 Å². The zero-order valence-corrected chi connectivity index (χ0v) is 7.77. The highest BCUT2D eigenvalue weighted by atomic mass is 15.2. The van der Waals surface area contributed by atoms with Crippen LogP contribution in [-0.4, -0.2) is 15.6 Å². The third-order valence-electron chi connectivity index (χ3n) is 2.20. The number of aromatic nitrogens is 2. The average Bonchev–Trinajstić information content (AvgIpc) is 2.87. The highest BCUT2D eigenvalue weighted by molar-refractivity contribution is 5.84. The lowest BCUT2D eigenvalue weighted by molar-refractivity contribution is 0.767. The molecule has 0 amide bonds. The van der Waals surface area contributed by atoms with Gasteiger partial charge in [0.15, 0.2) is 0 Å². The molecular formula is C9H14N4. The van der Waals surface area contributed by atoms with Gasteiger partial charge >= 0.3 is 0 Å². The maximum atomic E-state index is 5.76. The average molecular weight is 178 g/mol. The van der Waals surface area contributed by atoms with Crippen molar-refractivity contribution in [3.63, 3.8) is 0 Å². The standard InChI is InChI=1S/C9H14N4/c1-13-6-7(5-12-13)4-11-9(10)8-2-3-8/h5-6,8H,2-4H2,1H3,(H2,10,11). The van der Waals surface area contributed by atoms with E-state index in [2.05, 4.69) is 10.1 Å². The normalized spacial score (nSPS) is 17.8. The Bertz CT molecular complexity index is 322. The number of hydrogen-bond acceptors (Lipinski definition) is 2. The molecule has 0 atom stereocenters. The molecule has 0 bridgehead atoms. The van der Waals surface area contributed by atoms with E-state index >= 15 is 0 Å². The SMILES string of the molecule is Cn1cc(CN=C(N)C2CC2)cn1. The van der Waals surface area contributed by atoms with Crippen molar-refractivity contribution in [1.29, 1.82) is 0 Å². The van der Waals surface area contributed by atoms with E-state index in [1.807, 2.05) is 19.4 Å². The second-order valence-corrected chi connectivity index (χ2v) is 3.54.